The zero-order valence-corrected chi connectivity index (χ0v) is 20.6. The first-order valence-electron chi connectivity index (χ1n) is 12.0. The van der Waals surface area contributed by atoms with Crippen LogP contribution in [-0.4, -0.2) is 30.6 Å². The number of rotatable bonds is 8. The van der Waals surface area contributed by atoms with Crippen molar-refractivity contribution in [2.45, 2.75) is 32.9 Å². The Balaban J connectivity index is 1.33. The van der Waals surface area contributed by atoms with Gasteiger partial charge in [-0.25, -0.2) is 9.78 Å². The van der Waals surface area contributed by atoms with Gasteiger partial charge in [-0.15, -0.1) is 0 Å². The second kappa shape index (κ2) is 10.1. The number of H-pyrrole nitrogens is 1. The van der Waals surface area contributed by atoms with Gasteiger partial charge in [0, 0.05) is 23.9 Å². The van der Waals surface area contributed by atoms with Crippen molar-refractivity contribution in [3.8, 4) is 11.4 Å². The molecule has 0 aliphatic heterocycles. The van der Waals surface area contributed by atoms with Crippen LogP contribution < -0.4 is 11.0 Å². The molecule has 0 bridgehead atoms. The van der Waals surface area contributed by atoms with Crippen LogP contribution in [0.3, 0.4) is 0 Å². The van der Waals surface area contributed by atoms with Crippen LogP contribution in [-0.2, 0) is 11.3 Å². The highest BCUT2D eigenvalue weighted by atomic mass is 16.4. The highest BCUT2D eigenvalue weighted by molar-refractivity contribution is 5.79. The van der Waals surface area contributed by atoms with Crippen molar-refractivity contribution in [1.82, 2.24) is 19.5 Å². The highest BCUT2D eigenvalue weighted by Gasteiger charge is 2.20. The fraction of sp³-hybridized carbons (Fsp3) is 0.172. The molecule has 2 heterocycles. The Morgan fingerprint density at radius 1 is 1.00 bits per heavy atom. The fourth-order valence-corrected chi connectivity index (χ4v) is 4.36. The summed E-state index contributed by atoms with van der Waals surface area (Å²) in [5.74, 6) is 0.301. The van der Waals surface area contributed by atoms with E-state index in [1.54, 1.807) is 6.20 Å². The first-order chi connectivity index (χ1) is 17.9. The van der Waals surface area contributed by atoms with Crippen LogP contribution in [0.15, 0.2) is 83.8 Å². The van der Waals surface area contributed by atoms with Crippen molar-refractivity contribution in [1.29, 1.82) is 0 Å². The van der Waals surface area contributed by atoms with E-state index < -0.39 is 17.7 Å². The van der Waals surface area contributed by atoms with E-state index in [0.29, 0.717) is 12.4 Å². The molecule has 1 unspecified atom stereocenters. The van der Waals surface area contributed by atoms with Crippen molar-refractivity contribution in [2.75, 3.05) is 5.32 Å². The van der Waals surface area contributed by atoms with Gasteiger partial charge < -0.3 is 15.4 Å². The maximum atomic E-state index is 13.0. The molecular weight excluding hydrogens is 466 g/mol. The van der Waals surface area contributed by atoms with Gasteiger partial charge in [0.15, 0.2) is 0 Å². The Bertz CT molecular complexity index is 1590. The lowest BCUT2D eigenvalue weighted by molar-refractivity contribution is -0.137. The molecule has 8 nitrogen and oxygen atoms in total. The molecule has 3 aromatic carbocycles. The number of carboxylic acid groups (broad SMARTS) is 1. The molecule has 1 atom stereocenters. The zero-order valence-electron chi connectivity index (χ0n) is 20.6. The summed E-state index contributed by atoms with van der Waals surface area (Å²) in [4.78, 5) is 36.7. The van der Waals surface area contributed by atoms with E-state index in [2.05, 4.69) is 20.3 Å². The molecule has 0 fully saturated rings. The number of aromatic amines is 1. The minimum absolute atomic E-state index is 0.214. The third-order valence-electron chi connectivity index (χ3n) is 6.38. The first-order valence-corrected chi connectivity index (χ1v) is 12.0. The number of carbonyl (C=O) groups is 1. The van der Waals surface area contributed by atoms with Crippen molar-refractivity contribution < 1.29 is 9.90 Å². The van der Waals surface area contributed by atoms with E-state index in [4.69, 9.17) is 0 Å². The predicted molar refractivity (Wildman–Crippen MR) is 144 cm³/mol. The van der Waals surface area contributed by atoms with Crippen molar-refractivity contribution >= 4 is 22.8 Å². The van der Waals surface area contributed by atoms with Gasteiger partial charge in [0.05, 0.1) is 23.5 Å². The standard InChI is InChI=1S/C29H27N5O3/c1-18-7-11-21(12-8-18)25(15-26(35)36)34-17-19(2)27(33-29(34)37)30-16-20-9-13-22(14-10-20)28-31-23-5-3-4-6-24(23)32-28/h3-14,17,25H,15-16H2,1-2H3,(H,31,32)(H,35,36)(H,30,33,37). The quantitative estimate of drug-likeness (QED) is 0.278. The second-order valence-corrected chi connectivity index (χ2v) is 9.14. The van der Waals surface area contributed by atoms with Gasteiger partial charge in [-0.2, -0.15) is 4.98 Å². The minimum Gasteiger partial charge on any atom is -0.481 e. The average Bonchev–Trinajstić information content (AvgIpc) is 3.33. The van der Waals surface area contributed by atoms with Gasteiger partial charge in [-0.1, -0.05) is 66.2 Å². The predicted octanol–water partition coefficient (Wildman–Crippen LogP) is 5.08. The topological polar surface area (TPSA) is 113 Å². The summed E-state index contributed by atoms with van der Waals surface area (Å²) in [5, 5.41) is 12.7. The number of nitrogens with one attached hydrogen (secondary N) is 2. The average molecular weight is 494 g/mol. The largest absolute Gasteiger partial charge is 0.481 e. The smallest absolute Gasteiger partial charge is 0.350 e. The molecule has 5 aromatic rings. The Hall–Kier alpha value is -4.72. The van der Waals surface area contributed by atoms with Gasteiger partial charge >= 0.3 is 11.7 Å². The van der Waals surface area contributed by atoms with E-state index in [9.17, 15) is 14.7 Å². The number of imidazole rings is 1. The van der Waals surface area contributed by atoms with Gasteiger partial charge in [0.1, 0.15) is 11.6 Å². The molecule has 0 spiro atoms. The Morgan fingerprint density at radius 3 is 2.43 bits per heavy atom. The van der Waals surface area contributed by atoms with Gasteiger partial charge in [-0.05, 0) is 37.1 Å². The monoisotopic (exact) mass is 493 g/mol. The number of aromatic nitrogens is 4. The fourth-order valence-electron chi connectivity index (χ4n) is 4.36. The lowest BCUT2D eigenvalue weighted by atomic mass is 10.0. The number of carboxylic acids is 1. The lowest BCUT2D eigenvalue weighted by Gasteiger charge is -2.20. The third kappa shape index (κ3) is 5.28. The maximum Gasteiger partial charge on any atom is 0.350 e. The Kier molecular flexibility index (Phi) is 6.55. The number of aryl methyl sites for hydroxylation is 2. The van der Waals surface area contributed by atoms with Crippen LogP contribution >= 0.6 is 0 Å². The minimum atomic E-state index is -0.983. The van der Waals surface area contributed by atoms with Gasteiger partial charge in [-0.3, -0.25) is 9.36 Å². The van der Waals surface area contributed by atoms with E-state index in [1.807, 2.05) is 86.6 Å². The summed E-state index contributed by atoms with van der Waals surface area (Å²) in [6, 6.07) is 22.8. The maximum absolute atomic E-state index is 13.0. The molecule has 0 saturated carbocycles. The number of aliphatic carboxylic acids is 1. The van der Waals surface area contributed by atoms with Crippen LogP contribution in [0.4, 0.5) is 5.82 Å². The molecule has 2 aromatic heterocycles. The van der Waals surface area contributed by atoms with Crippen molar-refractivity contribution in [3.05, 3.63) is 112 Å². The Morgan fingerprint density at radius 2 is 1.73 bits per heavy atom. The van der Waals surface area contributed by atoms with Crippen LogP contribution in [0.25, 0.3) is 22.4 Å². The molecule has 3 N–H and O–H groups in total. The molecule has 0 saturated heterocycles. The SMILES string of the molecule is Cc1ccc(C(CC(=O)O)n2cc(C)c(NCc3ccc(-c4nc5ccccc5[nH]4)cc3)nc2=O)cc1. The number of hydrogen-bond acceptors (Lipinski definition) is 5. The number of nitrogens with zero attached hydrogens (tertiary/aromatic N) is 3. The Labute approximate surface area is 213 Å². The zero-order chi connectivity index (χ0) is 25.9. The number of benzene rings is 3. The molecule has 37 heavy (non-hydrogen) atoms. The number of para-hydroxylation sites is 2. The normalized spacial score (nSPS) is 11.9. The van der Waals surface area contributed by atoms with E-state index in [0.717, 1.165) is 44.7 Å². The van der Waals surface area contributed by atoms with E-state index in [1.165, 1.54) is 4.57 Å². The summed E-state index contributed by atoms with van der Waals surface area (Å²) in [7, 11) is 0. The molecule has 0 aliphatic carbocycles. The van der Waals surface area contributed by atoms with Crippen molar-refractivity contribution in [2.24, 2.45) is 0 Å². The number of anilines is 1. The molecular formula is C29H27N5O3. The summed E-state index contributed by atoms with van der Waals surface area (Å²) in [5.41, 5.74) is 5.98. The molecule has 8 heteroatoms. The summed E-state index contributed by atoms with van der Waals surface area (Å²) < 4.78 is 1.40. The summed E-state index contributed by atoms with van der Waals surface area (Å²) >= 11 is 0. The highest BCUT2D eigenvalue weighted by Crippen LogP contribution is 2.24. The van der Waals surface area contributed by atoms with Crippen LogP contribution in [0.2, 0.25) is 0 Å². The van der Waals surface area contributed by atoms with Gasteiger partial charge in [0.2, 0.25) is 0 Å². The van der Waals surface area contributed by atoms with Crippen LogP contribution in [0.1, 0.15) is 34.7 Å². The van der Waals surface area contributed by atoms with E-state index >= 15 is 0 Å². The number of fused-ring (bicyclic) bond motifs is 1. The van der Waals surface area contributed by atoms with Gasteiger partial charge in [0.25, 0.3) is 0 Å². The van der Waals surface area contributed by atoms with E-state index in [-0.39, 0.29) is 6.42 Å². The molecule has 186 valence electrons. The summed E-state index contributed by atoms with van der Waals surface area (Å²) in [6.45, 7) is 4.29. The first kappa shape index (κ1) is 24.0. The number of hydrogen-bond donors (Lipinski definition) is 3. The van der Waals surface area contributed by atoms with Crippen LogP contribution in [0, 0.1) is 13.8 Å². The molecule has 0 aliphatic rings. The molecule has 0 amide bonds. The molecule has 0 radical (unpaired) electrons. The molecule has 5 rings (SSSR count). The van der Waals surface area contributed by atoms with Crippen LogP contribution in [0.5, 0.6) is 0 Å². The van der Waals surface area contributed by atoms with Crippen molar-refractivity contribution in [3.63, 3.8) is 0 Å². The second-order valence-electron chi connectivity index (χ2n) is 9.14. The summed E-state index contributed by atoms with van der Waals surface area (Å²) in [6.07, 6.45) is 1.46. The third-order valence-corrected chi connectivity index (χ3v) is 6.38. The lowest BCUT2D eigenvalue weighted by Crippen LogP contribution is -2.30.